The van der Waals surface area contributed by atoms with E-state index >= 15 is 0 Å². The number of halogens is 2. The third-order valence-electron chi connectivity index (χ3n) is 4.15. The molecule has 3 rings (SSSR count). The number of hydrogen-bond donors (Lipinski definition) is 2. The Bertz CT molecular complexity index is 855. The van der Waals surface area contributed by atoms with Crippen LogP contribution in [0.25, 0.3) is 0 Å². The number of aryl methyl sites for hydroxylation is 1. The number of benzene rings is 2. The van der Waals surface area contributed by atoms with Crippen LogP contribution in [-0.2, 0) is 16.0 Å². The van der Waals surface area contributed by atoms with Crippen molar-refractivity contribution in [3.8, 4) is 5.75 Å². The van der Waals surface area contributed by atoms with Gasteiger partial charge in [0.15, 0.2) is 6.61 Å². The molecule has 2 aromatic rings. The lowest BCUT2D eigenvalue weighted by molar-refractivity contribution is -0.121. The maximum Gasteiger partial charge on any atom is 0.262 e. The Morgan fingerprint density at radius 1 is 1.27 bits per heavy atom. The summed E-state index contributed by atoms with van der Waals surface area (Å²) in [7, 11) is 0. The van der Waals surface area contributed by atoms with E-state index in [1.165, 1.54) is 12.1 Å². The predicted molar refractivity (Wildman–Crippen MR) is 91.8 cm³/mol. The van der Waals surface area contributed by atoms with E-state index in [0.717, 1.165) is 11.6 Å². The standard InChI is InChI=1S/C19H18F2N2O3/c1-11(13-3-6-17-16(8-13)23-19(25)10-26-17)22-18(24)7-4-12-2-5-14(20)9-15(12)21/h2-3,5-6,8-9,11H,4,7,10H2,1H3,(H,22,24)(H,23,25). The van der Waals surface area contributed by atoms with Crippen molar-refractivity contribution < 1.29 is 23.1 Å². The van der Waals surface area contributed by atoms with Gasteiger partial charge in [-0.1, -0.05) is 12.1 Å². The van der Waals surface area contributed by atoms with Gasteiger partial charge in [0.25, 0.3) is 5.91 Å². The second-order valence-electron chi connectivity index (χ2n) is 6.12. The van der Waals surface area contributed by atoms with Gasteiger partial charge in [0.05, 0.1) is 11.7 Å². The van der Waals surface area contributed by atoms with Crippen molar-refractivity contribution in [2.24, 2.45) is 0 Å². The molecule has 0 saturated carbocycles. The molecule has 26 heavy (non-hydrogen) atoms. The Morgan fingerprint density at radius 3 is 2.85 bits per heavy atom. The first-order valence-electron chi connectivity index (χ1n) is 8.22. The van der Waals surface area contributed by atoms with Gasteiger partial charge >= 0.3 is 0 Å². The molecule has 0 aliphatic carbocycles. The lowest BCUT2D eigenvalue weighted by Crippen LogP contribution is -2.28. The molecule has 0 spiro atoms. The number of hydrogen-bond acceptors (Lipinski definition) is 3. The number of anilines is 1. The fraction of sp³-hybridized carbons (Fsp3) is 0.263. The average molecular weight is 360 g/mol. The highest BCUT2D eigenvalue weighted by atomic mass is 19.1. The first kappa shape index (κ1) is 17.8. The lowest BCUT2D eigenvalue weighted by atomic mass is 10.1. The van der Waals surface area contributed by atoms with E-state index in [9.17, 15) is 18.4 Å². The van der Waals surface area contributed by atoms with E-state index in [4.69, 9.17) is 4.74 Å². The topological polar surface area (TPSA) is 67.4 Å². The molecule has 1 aliphatic rings. The first-order chi connectivity index (χ1) is 12.4. The van der Waals surface area contributed by atoms with E-state index in [2.05, 4.69) is 10.6 Å². The molecule has 2 amide bonds. The highest BCUT2D eigenvalue weighted by Crippen LogP contribution is 2.30. The summed E-state index contributed by atoms with van der Waals surface area (Å²) in [4.78, 5) is 23.5. The first-order valence-corrected chi connectivity index (χ1v) is 8.22. The summed E-state index contributed by atoms with van der Waals surface area (Å²) in [6.45, 7) is 1.79. The average Bonchev–Trinajstić information content (AvgIpc) is 2.60. The summed E-state index contributed by atoms with van der Waals surface area (Å²) in [6, 6.07) is 8.30. The van der Waals surface area contributed by atoms with E-state index in [0.29, 0.717) is 17.0 Å². The molecule has 0 fully saturated rings. The third kappa shape index (κ3) is 4.17. The van der Waals surface area contributed by atoms with Gasteiger partial charge in [-0.2, -0.15) is 0 Å². The normalized spacial score (nSPS) is 14.0. The van der Waals surface area contributed by atoms with Crippen molar-refractivity contribution in [2.45, 2.75) is 25.8 Å². The van der Waals surface area contributed by atoms with E-state index < -0.39 is 11.6 Å². The number of carbonyl (C=O) groups excluding carboxylic acids is 2. The van der Waals surface area contributed by atoms with Crippen molar-refractivity contribution >= 4 is 17.5 Å². The van der Waals surface area contributed by atoms with Crippen molar-refractivity contribution in [3.63, 3.8) is 0 Å². The fourth-order valence-corrected chi connectivity index (χ4v) is 2.74. The second kappa shape index (κ2) is 7.51. The molecule has 1 heterocycles. The summed E-state index contributed by atoms with van der Waals surface area (Å²) >= 11 is 0. The van der Waals surface area contributed by atoms with Crippen LogP contribution in [0.15, 0.2) is 36.4 Å². The van der Waals surface area contributed by atoms with Crippen molar-refractivity contribution in [1.29, 1.82) is 0 Å². The molecule has 5 nitrogen and oxygen atoms in total. The molecule has 0 aromatic heterocycles. The zero-order valence-corrected chi connectivity index (χ0v) is 14.1. The highest BCUT2D eigenvalue weighted by molar-refractivity contribution is 5.95. The summed E-state index contributed by atoms with van der Waals surface area (Å²) in [5.41, 5.74) is 1.66. The maximum absolute atomic E-state index is 13.6. The van der Waals surface area contributed by atoms with Crippen molar-refractivity contribution in [3.05, 3.63) is 59.2 Å². The molecule has 0 radical (unpaired) electrons. The second-order valence-corrected chi connectivity index (χ2v) is 6.12. The summed E-state index contributed by atoms with van der Waals surface area (Å²) in [5.74, 6) is -1.20. The molecule has 2 N–H and O–H groups in total. The van der Waals surface area contributed by atoms with Crippen LogP contribution in [0.4, 0.5) is 14.5 Å². The van der Waals surface area contributed by atoms with Gasteiger partial charge in [-0.05, 0) is 42.7 Å². The number of amides is 2. The van der Waals surface area contributed by atoms with Crippen LogP contribution in [-0.4, -0.2) is 18.4 Å². The van der Waals surface area contributed by atoms with Crippen LogP contribution in [0.2, 0.25) is 0 Å². The molecular formula is C19H18F2N2O3. The zero-order chi connectivity index (χ0) is 18.7. The predicted octanol–water partition coefficient (Wildman–Crippen LogP) is 3.11. The minimum Gasteiger partial charge on any atom is -0.482 e. The van der Waals surface area contributed by atoms with Gasteiger partial charge in [0.1, 0.15) is 17.4 Å². The quantitative estimate of drug-likeness (QED) is 0.861. The monoisotopic (exact) mass is 360 g/mol. The van der Waals surface area contributed by atoms with Crippen LogP contribution < -0.4 is 15.4 Å². The largest absolute Gasteiger partial charge is 0.482 e. The van der Waals surface area contributed by atoms with Crippen LogP contribution in [0.1, 0.15) is 30.5 Å². The lowest BCUT2D eigenvalue weighted by Gasteiger charge is -2.21. The minimum absolute atomic E-state index is 0.0153. The molecule has 136 valence electrons. The van der Waals surface area contributed by atoms with E-state index in [1.54, 1.807) is 18.2 Å². The Labute approximate surface area is 149 Å². The van der Waals surface area contributed by atoms with Gasteiger partial charge in [-0.25, -0.2) is 8.78 Å². The van der Waals surface area contributed by atoms with Crippen molar-refractivity contribution in [1.82, 2.24) is 5.32 Å². The zero-order valence-electron chi connectivity index (χ0n) is 14.1. The third-order valence-corrected chi connectivity index (χ3v) is 4.15. The van der Waals surface area contributed by atoms with E-state index in [1.807, 2.05) is 6.92 Å². The van der Waals surface area contributed by atoms with Gasteiger partial charge in [-0.15, -0.1) is 0 Å². The fourth-order valence-electron chi connectivity index (χ4n) is 2.74. The maximum atomic E-state index is 13.6. The molecule has 0 bridgehead atoms. The number of fused-ring (bicyclic) bond motifs is 1. The van der Waals surface area contributed by atoms with Crippen molar-refractivity contribution in [2.75, 3.05) is 11.9 Å². The molecule has 1 unspecified atom stereocenters. The smallest absolute Gasteiger partial charge is 0.262 e. The van der Waals surface area contributed by atoms with Crippen LogP contribution in [0.5, 0.6) is 5.75 Å². The van der Waals surface area contributed by atoms with Gasteiger partial charge in [-0.3, -0.25) is 9.59 Å². The Morgan fingerprint density at radius 2 is 2.08 bits per heavy atom. The number of ether oxygens (including phenoxy) is 1. The number of nitrogens with one attached hydrogen (secondary N) is 2. The van der Waals surface area contributed by atoms with Crippen LogP contribution >= 0.6 is 0 Å². The minimum atomic E-state index is -0.656. The molecule has 1 atom stereocenters. The van der Waals surface area contributed by atoms with Crippen LogP contribution in [0, 0.1) is 11.6 Å². The molecule has 2 aromatic carbocycles. The molecule has 0 saturated heterocycles. The SMILES string of the molecule is CC(NC(=O)CCc1ccc(F)cc1F)c1ccc2c(c1)NC(=O)CO2. The van der Waals surface area contributed by atoms with Gasteiger partial charge < -0.3 is 15.4 Å². The summed E-state index contributed by atoms with van der Waals surface area (Å²) in [5, 5.41) is 5.54. The number of rotatable bonds is 5. The van der Waals surface area contributed by atoms with Crippen LogP contribution in [0.3, 0.4) is 0 Å². The summed E-state index contributed by atoms with van der Waals surface area (Å²) < 4.78 is 31.8. The molecule has 7 heteroatoms. The van der Waals surface area contributed by atoms with Gasteiger partial charge in [0, 0.05) is 12.5 Å². The van der Waals surface area contributed by atoms with E-state index in [-0.39, 0.29) is 37.3 Å². The molecule has 1 aliphatic heterocycles. The Hall–Kier alpha value is -2.96. The molecular weight excluding hydrogens is 342 g/mol. The number of carbonyl (C=O) groups is 2. The Kier molecular flexibility index (Phi) is 5.16. The van der Waals surface area contributed by atoms with Gasteiger partial charge in [0.2, 0.25) is 5.91 Å². The Balaban J connectivity index is 1.59. The summed E-state index contributed by atoms with van der Waals surface area (Å²) in [6.07, 6.45) is 0.260. The highest BCUT2D eigenvalue weighted by Gasteiger charge is 2.18.